The zero-order valence-electron chi connectivity index (χ0n) is 45.9. The van der Waals surface area contributed by atoms with Crippen molar-refractivity contribution in [1.29, 1.82) is 0 Å². The van der Waals surface area contributed by atoms with Crippen LogP contribution < -0.4 is 0 Å². The van der Waals surface area contributed by atoms with Crippen LogP contribution in [0, 0.1) is 34.6 Å². The van der Waals surface area contributed by atoms with Gasteiger partial charge in [0.15, 0.2) is 0 Å². The number of para-hydroxylation sites is 2. The van der Waals surface area contributed by atoms with Crippen LogP contribution in [0.2, 0.25) is 0 Å². The van der Waals surface area contributed by atoms with Crippen LogP contribution in [-0.4, -0.2) is 10.3 Å². The standard InChI is InChI=1S/C21H17N.C19H21N.C16H18.C14H14.C2H6/c1-15(2)16-11-13-17(14-12-16)22-20-9-5-3-7-18(20)19-8-4-6-10-21(19)22;1-5-19(18-12-8-15(3)9-13-18)20-16(4)17-10-6-14(2)7-11-17;1-12(2)14-9-6-7-11-16(14)15-10-5-4-8-13(15)3;1-11-7-3-5-9-13(11)14-10-6-4-8-12(14)2;1-2/h3-14H,1H2,2H3;6-13H,4-5H2,1-3H3;4-12H,1-3H3;3-10H,1-2H3;1-2H3. The summed E-state index contributed by atoms with van der Waals surface area (Å²) >= 11 is 0. The van der Waals surface area contributed by atoms with Gasteiger partial charge in [-0.25, -0.2) is 0 Å². The van der Waals surface area contributed by atoms with Gasteiger partial charge in [0.05, 0.1) is 16.7 Å². The first kappa shape index (κ1) is 55.2. The van der Waals surface area contributed by atoms with Crippen molar-refractivity contribution in [3.63, 3.8) is 0 Å². The first-order chi connectivity index (χ1) is 35.8. The maximum absolute atomic E-state index is 4.72. The number of rotatable bonds is 9. The summed E-state index contributed by atoms with van der Waals surface area (Å²) in [6, 6.07) is 76.9. The highest BCUT2D eigenvalue weighted by Gasteiger charge is 2.12. The van der Waals surface area contributed by atoms with Crippen molar-refractivity contribution in [2.75, 3.05) is 0 Å². The summed E-state index contributed by atoms with van der Waals surface area (Å²) in [5.74, 6) is 0.566. The lowest BCUT2D eigenvalue weighted by Gasteiger charge is -2.14. The Balaban J connectivity index is 0.000000161. The van der Waals surface area contributed by atoms with E-state index in [1.807, 2.05) is 20.8 Å². The lowest BCUT2D eigenvalue weighted by Crippen LogP contribution is -1.99. The number of aliphatic imine (C=N–C) groups is 1. The Bertz CT molecular complexity index is 3340. The molecule has 0 bridgehead atoms. The Labute approximate surface area is 444 Å². The van der Waals surface area contributed by atoms with Gasteiger partial charge in [0, 0.05) is 22.2 Å². The smallest absolute Gasteiger partial charge is 0.0633 e. The molecule has 1 aromatic heterocycles. The zero-order valence-corrected chi connectivity index (χ0v) is 45.9. The van der Waals surface area contributed by atoms with E-state index in [2.05, 4.69) is 292 Å². The fourth-order valence-electron chi connectivity index (χ4n) is 9.03. The fourth-order valence-corrected chi connectivity index (χ4v) is 9.03. The van der Waals surface area contributed by atoms with Gasteiger partial charge in [0.2, 0.25) is 0 Å². The largest absolute Gasteiger partial charge is 0.309 e. The van der Waals surface area contributed by atoms with Crippen LogP contribution in [0.1, 0.15) is 104 Å². The minimum absolute atomic E-state index is 0.566. The molecule has 0 radical (unpaired) electrons. The lowest BCUT2D eigenvalue weighted by atomic mass is 9.91. The predicted octanol–water partition coefficient (Wildman–Crippen LogP) is 20.8. The van der Waals surface area contributed by atoms with E-state index < -0.39 is 0 Å². The topological polar surface area (TPSA) is 17.3 Å². The second-order valence-electron chi connectivity index (χ2n) is 19.0. The number of aryl methyl sites for hydroxylation is 5. The van der Waals surface area contributed by atoms with Gasteiger partial charge >= 0.3 is 0 Å². The second kappa shape index (κ2) is 27.1. The summed E-state index contributed by atoms with van der Waals surface area (Å²) in [5, 5.41) is 2.59. The third-order valence-electron chi connectivity index (χ3n) is 13.2. The molecule has 0 atom stereocenters. The number of fused-ring (bicyclic) bond motifs is 3. The average Bonchev–Trinajstić information content (AvgIpc) is 3.76. The monoisotopic (exact) mass is 969 g/mol. The molecule has 2 nitrogen and oxygen atoms in total. The molecule has 9 aromatic carbocycles. The van der Waals surface area contributed by atoms with Crippen molar-refractivity contribution in [2.45, 2.75) is 88.5 Å². The highest BCUT2D eigenvalue weighted by Crippen LogP contribution is 2.33. The van der Waals surface area contributed by atoms with Crippen molar-refractivity contribution in [2.24, 2.45) is 4.99 Å². The molecule has 0 spiro atoms. The molecular formula is C72H76N2. The van der Waals surface area contributed by atoms with Crippen LogP contribution in [0.5, 0.6) is 0 Å². The number of benzene rings is 9. The highest BCUT2D eigenvalue weighted by molar-refractivity contribution is 6.09. The number of aromatic nitrogens is 1. The van der Waals surface area contributed by atoms with Gasteiger partial charge in [-0.15, -0.1) is 0 Å². The molecule has 0 fully saturated rings. The van der Waals surface area contributed by atoms with E-state index in [-0.39, 0.29) is 0 Å². The van der Waals surface area contributed by atoms with Crippen molar-refractivity contribution in [3.8, 4) is 27.9 Å². The summed E-state index contributed by atoms with van der Waals surface area (Å²) in [5.41, 5.74) is 23.5. The van der Waals surface area contributed by atoms with Crippen molar-refractivity contribution < 1.29 is 0 Å². The molecule has 0 unspecified atom stereocenters. The normalized spacial score (nSPS) is 10.7. The van der Waals surface area contributed by atoms with Crippen LogP contribution in [0.15, 0.2) is 237 Å². The minimum atomic E-state index is 0.566. The van der Waals surface area contributed by atoms with E-state index in [1.165, 1.54) is 94.3 Å². The molecule has 74 heavy (non-hydrogen) atoms. The minimum Gasteiger partial charge on any atom is -0.309 e. The summed E-state index contributed by atoms with van der Waals surface area (Å²) < 4.78 is 2.33. The van der Waals surface area contributed by atoms with Gasteiger partial charge < -0.3 is 4.57 Å². The fraction of sp³-hybridized carbons (Fsp3) is 0.181. The molecule has 0 saturated heterocycles. The third-order valence-corrected chi connectivity index (χ3v) is 13.2. The number of allylic oxidation sites excluding steroid dienone is 1. The van der Waals surface area contributed by atoms with E-state index >= 15 is 0 Å². The van der Waals surface area contributed by atoms with Crippen LogP contribution in [-0.2, 0) is 0 Å². The molecule has 10 rings (SSSR count). The quantitative estimate of drug-likeness (QED) is 0.128. The van der Waals surface area contributed by atoms with Crippen molar-refractivity contribution in [3.05, 3.63) is 282 Å². The average molecular weight is 969 g/mol. The van der Waals surface area contributed by atoms with Crippen molar-refractivity contribution >= 4 is 38.8 Å². The van der Waals surface area contributed by atoms with Crippen LogP contribution in [0.3, 0.4) is 0 Å². The van der Waals surface area contributed by atoms with Gasteiger partial charge in [-0.1, -0.05) is 259 Å². The van der Waals surface area contributed by atoms with E-state index in [0.717, 1.165) is 29.0 Å². The van der Waals surface area contributed by atoms with Gasteiger partial charge in [-0.3, -0.25) is 4.99 Å². The van der Waals surface area contributed by atoms with Crippen LogP contribution >= 0.6 is 0 Å². The Morgan fingerprint density at radius 3 is 1.22 bits per heavy atom. The number of hydrogen-bond donors (Lipinski definition) is 0. The molecule has 0 aliphatic carbocycles. The van der Waals surface area contributed by atoms with Crippen molar-refractivity contribution in [1.82, 2.24) is 4.57 Å². The molecule has 0 N–H and O–H groups in total. The molecule has 0 amide bonds. The molecule has 2 heteroatoms. The van der Waals surface area contributed by atoms with Gasteiger partial charge in [0.1, 0.15) is 0 Å². The maximum atomic E-state index is 4.72. The first-order valence-electron chi connectivity index (χ1n) is 26.3. The molecule has 1 heterocycles. The highest BCUT2D eigenvalue weighted by atomic mass is 15.0. The Morgan fingerprint density at radius 2 is 0.797 bits per heavy atom. The van der Waals surface area contributed by atoms with E-state index in [4.69, 9.17) is 4.99 Å². The summed E-state index contributed by atoms with van der Waals surface area (Å²) in [6.07, 6.45) is 0.897. The van der Waals surface area contributed by atoms with Gasteiger partial charge in [0.25, 0.3) is 0 Å². The second-order valence-corrected chi connectivity index (χ2v) is 19.0. The summed E-state index contributed by atoms with van der Waals surface area (Å²) in [4.78, 5) is 4.72. The SMILES string of the molecule is C=C(C)c1ccc(-n2c3ccccc3c3ccccc32)cc1.C=C(N=C(CC)c1ccc(C)cc1)c1ccc(C)cc1.CC.Cc1ccccc1-c1ccccc1C.Cc1ccccc1-c1ccccc1C(C)C. The van der Waals surface area contributed by atoms with Crippen LogP contribution in [0.25, 0.3) is 61.0 Å². The lowest BCUT2D eigenvalue weighted by molar-refractivity contribution is 0.869. The molecule has 10 aromatic rings. The maximum Gasteiger partial charge on any atom is 0.0633 e. The Morgan fingerprint density at radius 1 is 0.432 bits per heavy atom. The number of hydrogen-bond acceptors (Lipinski definition) is 1. The van der Waals surface area contributed by atoms with E-state index in [9.17, 15) is 0 Å². The molecule has 0 aliphatic rings. The predicted molar refractivity (Wildman–Crippen MR) is 327 cm³/mol. The molecule has 0 aliphatic heterocycles. The van der Waals surface area contributed by atoms with E-state index in [1.54, 1.807) is 0 Å². The molecule has 374 valence electrons. The van der Waals surface area contributed by atoms with Gasteiger partial charge in [-0.2, -0.15) is 0 Å². The zero-order chi connectivity index (χ0) is 53.1. The molecule has 0 saturated carbocycles. The molecular weight excluding hydrogens is 893 g/mol. The van der Waals surface area contributed by atoms with E-state index in [0.29, 0.717) is 5.92 Å². The summed E-state index contributed by atoms with van der Waals surface area (Å²) in [7, 11) is 0. The first-order valence-corrected chi connectivity index (χ1v) is 26.3. The van der Waals surface area contributed by atoms with Gasteiger partial charge in [-0.05, 0) is 139 Å². The third kappa shape index (κ3) is 14.1. The Kier molecular flexibility index (Phi) is 20.2. The van der Waals surface area contributed by atoms with Crippen LogP contribution in [0.4, 0.5) is 0 Å². The summed E-state index contributed by atoms with van der Waals surface area (Å²) in [6.45, 7) is 31.4. The Hall–Kier alpha value is -8.07. The number of nitrogens with zero attached hydrogens (tertiary/aromatic N) is 2.